The predicted octanol–water partition coefficient (Wildman–Crippen LogP) is 1.78. The number of nitrogens with zero attached hydrogens (tertiary/aromatic N) is 1. The smallest absolute Gasteiger partial charge is 0.142 e. The third-order valence-corrected chi connectivity index (χ3v) is 4.32. The molecule has 2 heterocycles. The number of anilines is 1. The lowest BCUT2D eigenvalue weighted by Gasteiger charge is -2.46. The normalized spacial score (nSPS) is 22.3. The van der Waals surface area contributed by atoms with Crippen molar-refractivity contribution in [2.75, 3.05) is 37.8 Å². The summed E-state index contributed by atoms with van der Waals surface area (Å²) in [7, 11) is 0. The number of para-hydroxylation sites is 2. The van der Waals surface area contributed by atoms with Crippen LogP contribution < -0.4 is 15.4 Å². The largest absolute Gasteiger partial charge is 0.491 e. The maximum absolute atomic E-state index is 6.14. The molecule has 0 bridgehead atoms. The molecule has 2 aliphatic rings. The van der Waals surface area contributed by atoms with Crippen LogP contribution >= 0.6 is 0 Å². The van der Waals surface area contributed by atoms with Crippen molar-refractivity contribution in [2.45, 2.75) is 24.8 Å². The Balaban J connectivity index is 1.98. The standard InChI is InChI=1S/C15H22N2O2/c16-12-15(6-10-18-11-7-15)17-8-3-9-19-14-5-2-1-4-13(14)17/h1-2,4-5H,3,6-12,16H2. The molecule has 1 saturated heterocycles. The van der Waals surface area contributed by atoms with Crippen molar-refractivity contribution < 1.29 is 9.47 Å². The van der Waals surface area contributed by atoms with Crippen molar-refractivity contribution in [3.8, 4) is 5.75 Å². The van der Waals surface area contributed by atoms with Gasteiger partial charge < -0.3 is 20.1 Å². The van der Waals surface area contributed by atoms with Gasteiger partial charge in [0.25, 0.3) is 0 Å². The molecule has 0 radical (unpaired) electrons. The highest BCUT2D eigenvalue weighted by molar-refractivity contribution is 5.61. The molecule has 0 spiro atoms. The van der Waals surface area contributed by atoms with Gasteiger partial charge in [0.15, 0.2) is 0 Å². The van der Waals surface area contributed by atoms with Crippen LogP contribution in [0.15, 0.2) is 24.3 Å². The molecule has 0 amide bonds. The molecule has 0 aromatic heterocycles. The molecule has 2 aliphatic heterocycles. The third-order valence-electron chi connectivity index (χ3n) is 4.32. The lowest BCUT2D eigenvalue weighted by Crippen LogP contribution is -2.57. The van der Waals surface area contributed by atoms with Gasteiger partial charge in [0.05, 0.1) is 17.8 Å². The Morgan fingerprint density at radius 1 is 1.16 bits per heavy atom. The van der Waals surface area contributed by atoms with Crippen LogP contribution in [0, 0.1) is 0 Å². The monoisotopic (exact) mass is 262 g/mol. The van der Waals surface area contributed by atoms with Gasteiger partial charge in [-0.25, -0.2) is 0 Å². The molecular weight excluding hydrogens is 240 g/mol. The summed E-state index contributed by atoms with van der Waals surface area (Å²) in [6.07, 6.45) is 3.03. The second-order valence-electron chi connectivity index (χ2n) is 5.36. The first-order chi connectivity index (χ1) is 9.36. The van der Waals surface area contributed by atoms with Crippen LogP contribution in [0.1, 0.15) is 19.3 Å². The van der Waals surface area contributed by atoms with Crippen LogP contribution in [0.4, 0.5) is 5.69 Å². The topological polar surface area (TPSA) is 47.7 Å². The minimum Gasteiger partial charge on any atom is -0.491 e. The Labute approximate surface area is 114 Å². The Hall–Kier alpha value is -1.26. The molecule has 2 N–H and O–H groups in total. The predicted molar refractivity (Wildman–Crippen MR) is 75.7 cm³/mol. The number of benzene rings is 1. The number of hydrogen-bond donors (Lipinski definition) is 1. The second kappa shape index (κ2) is 5.39. The molecule has 104 valence electrons. The van der Waals surface area contributed by atoms with Crippen LogP contribution in [-0.4, -0.2) is 38.4 Å². The fourth-order valence-corrected chi connectivity index (χ4v) is 3.16. The van der Waals surface area contributed by atoms with Gasteiger partial charge >= 0.3 is 0 Å². The summed E-state index contributed by atoms with van der Waals surface area (Å²) in [5.74, 6) is 0.985. The van der Waals surface area contributed by atoms with Crippen molar-refractivity contribution in [3.63, 3.8) is 0 Å². The summed E-state index contributed by atoms with van der Waals surface area (Å²) in [6, 6.07) is 8.30. The van der Waals surface area contributed by atoms with E-state index in [9.17, 15) is 0 Å². The number of ether oxygens (including phenoxy) is 2. The van der Waals surface area contributed by atoms with Gasteiger partial charge in [-0.1, -0.05) is 12.1 Å². The summed E-state index contributed by atoms with van der Waals surface area (Å²) in [6.45, 7) is 4.07. The number of fused-ring (bicyclic) bond motifs is 1. The minimum absolute atomic E-state index is 0.0298. The Morgan fingerprint density at radius 2 is 1.95 bits per heavy atom. The molecule has 0 atom stereocenters. The molecule has 19 heavy (non-hydrogen) atoms. The van der Waals surface area contributed by atoms with Gasteiger partial charge in [0, 0.05) is 26.3 Å². The Bertz CT molecular complexity index is 430. The van der Waals surface area contributed by atoms with Crippen LogP contribution in [0.2, 0.25) is 0 Å². The van der Waals surface area contributed by atoms with Crippen molar-refractivity contribution in [3.05, 3.63) is 24.3 Å². The average Bonchev–Trinajstić information content (AvgIpc) is 2.70. The van der Waals surface area contributed by atoms with E-state index in [0.717, 1.165) is 51.4 Å². The van der Waals surface area contributed by atoms with Crippen molar-refractivity contribution in [1.82, 2.24) is 0 Å². The van der Waals surface area contributed by atoms with Gasteiger partial charge in [-0.2, -0.15) is 0 Å². The molecule has 1 fully saturated rings. The van der Waals surface area contributed by atoms with Gasteiger partial charge in [-0.3, -0.25) is 0 Å². The SMILES string of the molecule is NCC1(N2CCCOc3ccccc32)CCOCC1. The third kappa shape index (κ3) is 2.30. The van der Waals surface area contributed by atoms with Crippen LogP contribution in [-0.2, 0) is 4.74 Å². The molecular formula is C15H22N2O2. The highest BCUT2D eigenvalue weighted by Gasteiger charge is 2.38. The zero-order valence-electron chi connectivity index (χ0n) is 11.3. The quantitative estimate of drug-likeness (QED) is 0.882. The molecule has 1 aromatic rings. The average molecular weight is 262 g/mol. The molecule has 0 saturated carbocycles. The van der Waals surface area contributed by atoms with Gasteiger partial charge in [-0.05, 0) is 31.4 Å². The second-order valence-corrected chi connectivity index (χ2v) is 5.36. The molecule has 0 aliphatic carbocycles. The lowest BCUT2D eigenvalue weighted by molar-refractivity contribution is 0.0526. The van der Waals surface area contributed by atoms with E-state index < -0.39 is 0 Å². The van der Waals surface area contributed by atoms with Gasteiger partial charge in [-0.15, -0.1) is 0 Å². The fraction of sp³-hybridized carbons (Fsp3) is 0.600. The molecule has 4 nitrogen and oxygen atoms in total. The van der Waals surface area contributed by atoms with Crippen molar-refractivity contribution in [1.29, 1.82) is 0 Å². The summed E-state index contributed by atoms with van der Waals surface area (Å²) in [5, 5.41) is 0. The zero-order chi connectivity index (χ0) is 13.1. The summed E-state index contributed by atoms with van der Waals surface area (Å²) in [4.78, 5) is 2.47. The molecule has 4 heteroatoms. The maximum atomic E-state index is 6.14. The van der Waals surface area contributed by atoms with E-state index in [2.05, 4.69) is 23.1 Å². The highest BCUT2D eigenvalue weighted by atomic mass is 16.5. The van der Waals surface area contributed by atoms with Crippen molar-refractivity contribution >= 4 is 5.69 Å². The Morgan fingerprint density at radius 3 is 2.74 bits per heavy atom. The summed E-state index contributed by atoms with van der Waals surface area (Å²) in [5.41, 5.74) is 7.36. The van der Waals surface area contributed by atoms with E-state index in [1.165, 1.54) is 5.69 Å². The summed E-state index contributed by atoms with van der Waals surface area (Å²) < 4.78 is 11.4. The highest BCUT2D eigenvalue weighted by Crippen LogP contribution is 2.38. The molecule has 1 aromatic carbocycles. The summed E-state index contributed by atoms with van der Waals surface area (Å²) >= 11 is 0. The van der Waals surface area contributed by atoms with Crippen LogP contribution in [0.25, 0.3) is 0 Å². The van der Waals surface area contributed by atoms with E-state index in [4.69, 9.17) is 15.2 Å². The molecule has 3 rings (SSSR count). The van der Waals surface area contributed by atoms with Crippen molar-refractivity contribution in [2.24, 2.45) is 5.73 Å². The minimum atomic E-state index is 0.0298. The van der Waals surface area contributed by atoms with Gasteiger partial charge in [0.2, 0.25) is 0 Å². The first kappa shape index (κ1) is 12.8. The van der Waals surface area contributed by atoms with E-state index in [-0.39, 0.29) is 5.54 Å². The first-order valence-corrected chi connectivity index (χ1v) is 7.13. The zero-order valence-corrected chi connectivity index (χ0v) is 11.3. The van der Waals surface area contributed by atoms with E-state index in [0.29, 0.717) is 6.54 Å². The first-order valence-electron chi connectivity index (χ1n) is 7.13. The number of hydrogen-bond acceptors (Lipinski definition) is 4. The van der Waals surface area contributed by atoms with Gasteiger partial charge in [0.1, 0.15) is 5.75 Å². The van der Waals surface area contributed by atoms with E-state index in [1.54, 1.807) is 0 Å². The van der Waals surface area contributed by atoms with E-state index >= 15 is 0 Å². The van der Waals surface area contributed by atoms with Crippen LogP contribution in [0.5, 0.6) is 5.75 Å². The maximum Gasteiger partial charge on any atom is 0.142 e. The van der Waals surface area contributed by atoms with Crippen LogP contribution in [0.3, 0.4) is 0 Å². The lowest BCUT2D eigenvalue weighted by atomic mass is 9.87. The fourth-order valence-electron chi connectivity index (χ4n) is 3.16. The number of rotatable bonds is 2. The van der Waals surface area contributed by atoms with E-state index in [1.807, 2.05) is 6.07 Å². The number of nitrogens with two attached hydrogens (primary N) is 1. The Kier molecular flexibility index (Phi) is 3.62. The molecule has 0 unspecified atom stereocenters.